The van der Waals surface area contributed by atoms with Crippen LogP contribution in [-0.2, 0) is 11.2 Å². The Hall–Kier alpha value is -0.940. The molecule has 0 radical (unpaired) electrons. The zero-order valence-corrected chi connectivity index (χ0v) is 9.77. The molecule has 1 aromatic rings. The van der Waals surface area contributed by atoms with Gasteiger partial charge in [-0.3, -0.25) is 4.79 Å². The number of nitrogens with one attached hydrogen (secondary N) is 1. The summed E-state index contributed by atoms with van der Waals surface area (Å²) in [7, 11) is 0. The highest BCUT2D eigenvalue weighted by Crippen LogP contribution is 2.11. The van der Waals surface area contributed by atoms with E-state index in [1.807, 2.05) is 12.4 Å². The largest absolute Gasteiger partial charge is 0.370 e. The van der Waals surface area contributed by atoms with Crippen molar-refractivity contribution in [3.05, 3.63) is 16.1 Å². The van der Waals surface area contributed by atoms with Crippen molar-refractivity contribution in [2.75, 3.05) is 13.1 Å². The summed E-state index contributed by atoms with van der Waals surface area (Å²) >= 11 is 1.69. The lowest BCUT2D eigenvalue weighted by Gasteiger charge is -2.02. The second kappa shape index (κ2) is 6.53. The average molecular weight is 227 g/mol. The lowest BCUT2D eigenvalue weighted by atomic mass is 10.3. The highest BCUT2D eigenvalue weighted by Gasteiger charge is 2.00. The van der Waals surface area contributed by atoms with Gasteiger partial charge in [-0.1, -0.05) is 0 Å². The van der Waals surface area contributed by atoms with E-state index in [1.165, 1.54) is 4.88 Å². The average Bonchev–Trinajstić information content (AvgIpc) is 2.57. The first kappa shape index (κ1) is 12.1. The second-order valence-corrected chi connectivity index (χ2v) is 4.37. The minimum Gasteiger partial charge on any atom is -0.370 e. The zero-order chi connectivity index (χ0) is 11.1. The third kappa shape index (κ3) is 4.90. The normalized spacial score (nSPS) is 10.5. The highest BCUT2D eigenvalue weighted by atomic mass is 32.1. The Balaban J connectivity index is 2.03. The van der Waals surface area contributed by atoms with Crippen LogP contribution in [0.15, 0.2) is 5.51 Å². The fourth-order valence-corrected chi connectivity index (χ4v) is 2.06. The number of thiazole rings is 1. The van der Waals surface area contributed by atoms with Gasteiger partial charge in [-0.25, -0.2) is 4.98 Å². The molecule has 0 saturated carbocycles. The molecule has 0 aromatic carbocycles. The van der Waals surface area contributed by atoms with Crippen LogP contribution in [0.1, 0.15) is 23.4 Å². The van der Waals surface area contributed by atoms with Crippen LogP contribution in [0, 0.1) is 6.92 Å². The number of hydrogen-bond acceptors (Lipinski definition) is 4. The number of carbonyl (C=O) groups is 1. The van der Waals surface area contributed by atoms with E-state index in [0.29, 0.717) is 6.42 Å². The van der Waals surface area contributed by atoms with Crippen LogP contribution in [0.5, 0.6) is 0 Å². The van der Waals surface area contributed by atoms with Crippen molar-refractivity contribution in [3.8, 4) is 0 Å². The fourth-order valence-electron chi connectivity index (χ4n) is 1.28. The summed E-state index contributed by atoms with van der Waals surface area (Å²) in [6.07, 6.45) is 2.29. The quantitative estimate of drug-likeness (QED) is 0.679. The van der Waals surface area contributed by atoms with E-state index in [-0.39, 0.29) is 5.91 Å². The van der Waals surface area contributed by atoms with Crippen molar-refractivity contribution in [2.45, 2.75) is 26.2 Å². The van der Waals surface area contributed by atoms with Crippen LogP contribution in [0.3, 0.4) is 0 Å². The first-order chi connectivity index (χ1) is 7.20. The minimum atomic E-state index is -0.227. The SMILES string of the molecule is Cc1ncsc1CCNCCCC(N)=O. The Morgan fingerprint density at radius 2 is 2.40 bits per heavy atom. The van der Waals surface area contributed by atoms with Gasteiger partial charge in [0.15, 0.2) is 0 Å². The minimum absolute atomic E-state index is 0.227. The van der Waals surface area contributed by atoms with Gasteiger partial charge in [-0.05, 0) is 26.3 Å². The van der Waals surface area contributed by atoms with Crippen molar-refractivity contribution in [1.29, 1.82) is 0 Å². The molecule has 4 nitrogen and oxygen atoms in total. The topological polar surface area (TPSA) is 68.0 Å². The van der Waals surface area contributed by atoms with Crippen molar-refractivity contribution in [3.63, 3.8) is 0 Å². The maximum atomic E-state index is 10.5. The van der Waals surface area contributed by atoms with Crippen molar-refractivity contribution in [2.24, 2.45) is 5.73 Å². The molecule has 84 valence electrons. The zero-order valence-electron chi connectivity index (χ0n) is 8.95. The van der Waals surface area contributed by atoms with Gasteiger partial charge in [-0.15, -0.1) is 11.3 Å². The van der Waals surface area contributed by atoms with Crippen molar-refractivity contribution in [1.82, 2.24) is 10.3 Å². The van der Waals surface area contributed by atoms with Gasteiger partial charge in [0.2, 0.25) is 5.91 Å². The van der Waals surface area contributed by atoms with Gasteiger partial charge in [0.1, 0.15) is 0 Å². The number of nitrogens with two attached hydrogens (primary N) is 1. The summed E-state index contributed by atoms with van der Waals surface area (Å²) < 4.78 is 0. The molecule has 0 aliphatic heterocycles. The Bertz CT molecular complexity index is 311. The number of hydrogen-bond donors (Lipinski definition) is 2. The highest BCUT2D eigenvalue weighted by molar-refractivity contribution is 7.09. The second-order valence-electron chi connectivity index (χ2n) is 3.43. The third-order valence-electron chi connectivity index (χ3n) is 2.15. The Labute approximate surface area is 93.9 Å². The van der Waals surface area contributed by atoms with Gasteiger partial charge in [0.05, 0.1) is 11.2 Å². The summed E-state index contributed by atoms with van der Waals surface area (Å²) in [5.74, 6) is -0.227. The summed E-state index contributed by atoms with van der Waals surface area (Å²) in [4.78, 5) is 16.0. The number of rotatable bonds is 7. The number of aromatic nitrogens is 1. The molecule has 0 saturated heterocycles. The Kier molecular flexibility index (Phi) is 5.28. The molecule has 0 bridgehead atoms. The van der Waals surface area contributed by atoms with Crippen LogP contribution >= 0.6 is 11.3 Å². The van der Waals surface area contributed by atoms with Crippen molar-refractivity contribution < 1.29 is 4.79 Å². The van der Waals surface area contributed by atoms with Gasteiger partial charge in [-0.2, -0.15) is 0 Å². The maximum Gasteiger partial charge on any atom is 0.217 e. The van der Waals surface area contributed by atoms with E-state index in [0.717, 1.165) is 31.6 Å². The van der Waals surface area contributed by atoms with Crippen LogP contribution < -0.4 is 11.1 Å². The summed E-state index contributed by atoms with van der Waals surface area (Å²) in [6.45, 7) is 3.81. The molecular weight excluding hydrogens is 210 g/mol. The molecule has 5 heteroatoms. The summed E-state index contributed by atoms with van der Waals surface area (Å²) in [5, 5.41) is 3.28. The fraction of sp³-hybridized carbons (Fsp3) is 0.600. The summed E-state index contributed by atoms with van der Waals surface area (Å²) in [5.41, 5.74) is 8.03. The molecule has 15 heavy (non-hydrogen) atoms. The molecule has 1 amide bonds. The lowest BCUT2D eigenvalue weighted by molar-refractivity contribution is -0.118. The van der Waals surface area contributed by atoms with E-state index in [9.17, 15) is 4.79 Å². The number of amides is 1. The van der Waals surface area contributed by atoms with E-state index in [2.05, 4.69) is 10.3 Å². The molecule has 0 fully saturated rings. The molecular formula is C10H17N3OS. The van der Waals surface area contributed by atoms with E-state index in [1.54, 1.807) is 11.3 Å². The van der Waals surface area contributed by atoms with Crippen LogP contribution in [0.2, 0.25) is 0 Å². The third-order valence-corrected chi connectivity index (χ3v) is 3.15. The van der Waals surface area contributed by atoms with Gasteiger partial charge >= 0.3 is 0 Å². The lowest BCUT2D eigenvalue weighted by Crippen LogP contribution is -2.20. The smallest absolute Gasteiger partial charge is 0.217 e. The van der Waals surface area contributed by atoms with E-state index >= 15 is 0 Å². The molecule has 0 spiro atoms. The van der Waals surface area contributed by atoms with Gasteiger partial charge in [0.25, 0.3) is 0 Å². The first-order valence-corrected chi connectivity index (χ1v) is 5.96. The monoisotopic (exact) mass is 227 g/mol. The maximum absolute atomic E-state index is 10.5. The molecule has 0 unspecified atom stereocenters. The van der Waals surface area contributed by atoms with E-state index < -0.39 is 0 Å². The van der Waals surface area contributed by atoms with Crippen molar-refractivity contribution >= 4 is 17.2 Å². The Morgan fingerprint density at radius 1 is 1.60 bits per heavy atom. The molecule has 3 N–H and O–H groups in total. The molecule has 1 rings (SSSR count). The molecule has 1 heterocycles. The van der Waals surface area contributed by atoms with Crippen LogP contribution in [-0.4, -0.2) is 24.0 Å². The standard InChI is InChI=1S/C10H17N3OS/c1-8-9(15-7-13-8)4-6-12-5-2-3-10(11)14/h7,12H,2-6H2,1H3,(H2,11,14). The Morgan fingerprint density at radius 3 is 3.00 bits per heavy atom. The predicted molar refractivity (Wildman–Crippen MR) is 61.9 cm³/mol. The first-order valence-electron chi connectivity index (χ1n) is 5.08. The number of primary amides is 1. The number of aryl methyl sites for hydroxylation is 1. The van der Waals surface area contributed by atoms with Gasteiger partial charge < -0.3 is 11.1 Å². The molecule has 0 aliphatic carbocycles. The summed E-state index contributed by atoms with van der Waals surface area (Å²) in [6, 6.07) is 0. The number of carbonyl (C=O) groups excluding carboxylic acids is 1. The van der Waals surface area contributed by atoms with Gasteiger partial charge in [0, 0.05) is 17.8 Å². The predicted octanol–water partition coefficient (Wildman–Crippen LogP) is 0.849. The van der Waals surface area contributed by atoms with E-state index in [4.69, 9.17) is 5.73 Å². The molecule has 0 aliphatic rings. The number of nitrogens with zero attached hydrogens (tertiary/aromatic N) is 1. The van der Waals surface area contributed by atoms with Crippen LogP contribution in [0.4, 0.5) is 0 Å². The van der Waals surface area contributed by atoms with Crippen LogP contribution in [0.25, 0.3) is 0 Å². The molecule has 0 atom stereocenters. The molecule has 1 aromatic heterocycles.